The summed E-state index contributed by atoms with van der Waals surface area (Å²) in [6.07, 6.45) is 0.884. The van der Waals surface area contributed by atoms with Crippen molar-refractivity contribution in [1.29, 1.82) is 0 Å². The molecule has 0 aliphatic rings. The number of rotatable bonds is 4. The first kappa shape index (κ1) is 11.6. The maximum Gasteiger partial charge on any atom is 0.121 e. The second kappa shape index (κ2) is 4.38. The van der Waals surface area contributed by atoms with E-state index in [1.807, 2.05) is 20.8 Å². The van der Waals surface area contributed by atoms with Crippen LogP contribution in [0.15, 0.2) is 5.38 Å². The minimum atomic E-state index is -0.193. The Bertz CT molecular complexity index is 291. The molecule has 1 atom stereocenters. The van der Waals surface area contributed by atoms with Gasteiger partial charge < -0.3 is 10.5 Å². The molecule has 1 unspecified atom stereocenters. The third kappa shape index (κ3) is 3.36. The summed E-state index contributed by atoms with van der Waals surface area (Å²) in [7, 11) is 1.69. The number of nitrogens with zero attached hydrogens (tertiary/aromatic N) is 1. The molecule has 0 saturated heterocycles. The van der Waals surface area contributed by atoms with Crippen molar-refractivity contribution in [2.24, 2.45) is 5.73 Å². The molecule has 2 N–H and O–H groups in total. The first-order valence-electron chi connectivity index (χ1n) is 4.68. The zero-order chi connectivity index (χ0) is 10.8. The van der Waals surface area contributed by atoms with E-state index in [0.29, 0.717) is 0 Å². The van der Waals surface area contributed by atoms with Gasteiger partial charge in [0.05, 0.1) is 5.69 Å². The van der Waals surface area contributed by atoms with E-state index >= 15 is 0 Å². The molecule has 4 heteroatoms. The summed E-state index contributed by atoms with van der Waals surface area (Å²) >= 11 is 1.63. The molecular formula is C10H18N2OS. The number of methoxy groups -OCH3 is 1. The fraction of sp³-hybridized carbons (Fsp3) is 0.700. The lowest BCUT2D eigenvalue weighted by molar-refractivity contribution is 0.119. The lowest BCUT2D eigenvalue weighted by Crippen LogP contribution is -2.34. The Labute approximate surface area is 89.3 Å². The normalized spacial score (nSPS) is 14.4. The maximum absolute atomic E-state index is 5.92. The number of hydrogen-bond donors (Lipinski definition) is 1. The predicted octanol–water partition coefficient (Wildman–Crippen LogP) is 2.13. The Balaban J connectivity index is 2.69. The molecular weight excluding hydrogens is 196 g/mol. The van der Waals surface area contributed by atoms with Crippen molar-refractivity contribution in [2.45, 2.75) is 38.8 Å². The van der Waals surface area contributed by atoms with Crippen molar-refractivity contribution < 1.29 is 4.74 Å². The van der Waals surface area contributed by atoms with Crippen molar-refractivity contribution in [1.82, 2.24) is 4.98 Å². The fourth-order valence-electron chi connectivity index (χ4n) is 1.16. The van der Waals surface area contributed by atoms with Gasteiger partial charge in [-0.05, 0) is 20.8 Å². The highest BCUT2D eigenvalue weighted by Crippen LogP contribution is 2.21. The quantitative estimate of drug-likeness (QED) is 0.835. The lowest BCUT2D eigenvalue weighted by atomic mass is 10.0. The molecule has 3 nitrogen and oxygen atoms in total. The SMILES string of the molecule is COC(C)c1nc(CC(C)(C)N)cs1. The van der Waals surface area contributed by atoms with Gasteiger partial charge in [0.2, 0.25) is 0 Å². The predicted molar refractivity (Wildman–Crippen MR) is 59.5 cm³/mol. The minimum Gasteiger partial charge on any atom is -0.375 e. The van der Waals surface area contributed by atoms with Crippen molar-refractivity contribution in [3.05, 3.63) is 16.1 Å². The average molecular weight is 214 g/mol. The van der Waals surface area contributed by atoms with E-state index in [-0.39, 0.29) is 11.6 Å². The third-order valence-electron chi connectivity index (χ3n) is 1.91. The van der Waals surface area contributed by atoms with Crippen molar-refractivity contribution in [3.63, 3.8) is 0 Å². The molecule has 80 valence electrons. The zero-order valence-corrected chi connectivity index (χ0v) is 10.0. The molecule has 0 aliphatic heterocycles. The molecule has 0 bridgehead atoms. The van der Waals surface area contributed by atoms with Crippen LogP contribution < -0.4 is 5.73 Å². The topological polar surface area (TPSA) is 48.1 Å². The monoisotopic (exact) mass is 214 g/mol. The maximum atomic E-state index is 5.92. The first-order valence-corrected chi connectivity index (χ1v) is 5.56. The van der Waals surface area contributed by atoms with Gasteiger partial charge in [-0.15, -0.1) is 11.3 Å². The van der Waals surface area contributed by atoms with Crippen LogP contribution in [0, 0.1) is 0 Å². The van der Waals surface area contributed by atoms with Crippen LogP contribution in [-0.2, 0) is 11.2 Å². The van der Waals surface area contributed by atoms with Crippen LogP contribution in [0.4, 0.5) is 0 Å². The minimum absolute atomic E-state index is 0.0784. The summed E-state index contributed by atoms with van der Waals surface area (Å²) < 4.78 is 5.20. The molecule has 1 rings (SSSR count). The van der Waals surface area contributed by atoms with Crippen molar-refractivity contribution in [3.8, 4) is 0 Å². The van der Waals surface area contributed by atoms with Crippen LogP contribution in [0.25, 0.3) is 0 Å². The van der Waals surface area contributed by atoms with Crippen LogP contribution in [0.5, 0.6) is 0 Å². The molecule has 0 amide bonds. The van der Waals surface area contributed by atoms with Gasteiger partial charge in [0.25, 0.3) is 0 Å². The Morgan fingerprint density at radius 2 is 2.29 bits per heavy atom. The van der Waals surface area contributed by atoms with Crippen LogP contribution in [-0.4, -0.2) is 17.6 Å². The van der Waals surface area contributed by atoms with Gasteiger partial charge in [-0.3, -0.25) is 0 Å². The number of ether oxygens (including phenoxy) is 1. The van der Waals surface area contributed by atoms with E-state index in [9.17, 15) is 0 Å². The highest BCUT2D eigenvalue weighted by atomic mass is 32.1. The summed E-state index contributed by atoms with van der Waals surface area (Å²) in [4.78, 5) is 4.48. The van der Waals surface area contributed by atoms with Gasteiger partial charge in [-0.2, -0.15) is 0 Å². The summed E-state index contributed by atoms with van der Waals surface area (Å²) in [5, 5.41) is 3.08. The van der Waals surface area contributed by atoms with E-state index < -0.39 is 0 Å². The Kier molecular flexibility index (Phi) is 3.64. The number of aromatic nitrogens is 1. The van der Waals surface area contributed by atoms with E-state index in [1.54, 1.807) is 18.4 Å². The summed E-state index contributed by atoms with van der Waals surface area (Å²) in [5.41, 5.74) is 6.78. The van der Waals surface area contributed by atoms with Crippen LogP contribution in [0.2, 0.25) is 0 Å². The molecule has 1 aromatic heterocycles. The standard InChI is InChI=1S/C10H18N2OS/c1-7(13-4)9-12-8(6-14-9)5-10(2,3)11/h6-7H,5,11H2,1-4H3. The van der Waals surface area contributed by atoms with Gasteiger partial charge >= 0.3 is 0 Å². The second-order valence-electron chi connectivity index (χ2n) is 4.22. The smallest absolute Gasteiger partial charge is 0.121 e. The van der Waals surface area contributed by atoms with Crippen molar-refractivity contribution >= 4 is 11.3 Å². The summed E-state index contributed by atoms with van der Waals surface area (Å²) in [6, 6.07) is 0. The van der Waals surface area contributed by atoms with E-state index in [1.165, 1.54) is 0 Å². The van der Waals surface area contributed by atoms with Gasteiger partial charge in [-0.1, -0.05) is 0 Å². The number of thiazole rings is 1. The summed E-state index contributed by atoms with van der Waals surface area (Å²) in [5.74, 6) is 0. The Morgan fingerprint density at radius 1 is 1.64 bits per heavy atom. The summed E-state index contributed by atoms with van der Waals surface area (Å²) in [6.45, 7) is 6.01. The molecule has 14 heavy (non-hydrogen) atoms. The second-order valence-corrected chi connectivity index (χ2v) is 5.11. The third-order valence-corrected chi connectivity index (χ3v) is 2.96. The lowest BCUT2D eigenvalue weighted by Gasteiger charge is -2.16. The molecule has 1 heterocycles. The van der Waals surface area contributed by atoms with E-state index in [0.717, 1.165) is 17.1 Å². The van der Waals surface area contributed by atoms with Crippen LogP contribution in [0.3, 0.4) is 0 Å². The average Bonchev–Trinajstić information content (AvgIpc) is 2.48. The highest BCUT2D eigenvalue weighted by molar-refractivity contribution is 7.09. The molecule has 0 radical (unpaired) electrons. The van der Waals surface area contributed by atoms with Crippen LogP contribution in [0.1, 0.15) is 37.6 Å². The molecule has 0 aromatic carbocycles. The van der Waals surface area contributed by atoms with Gasteiger partial charge in [0.1, 0.15) is 11.1 Å². The Morgan fingerprint density at radius 3 is 2.79 bits per heavy atom. The van der Waals surface area contributed by atoms with E-state index in [2.05, 4.69) is 10.4 Å². The fourth-order valence-corrected chi connectivity index (χ4v) is 2.01. The molecule has 1 aromatic rings. The molecule has 0 fully saturated rings. The molecule has 0 spiro atoms. The van der Waals surface area contributed by atoms with Gasteiger partial charge in [0.15, 0.2) is 0 Å². The van der Waals surface area contributed by atoms with Gasteiger partial charge in [-0.25, -0.2) is 4.98 Å². The van der Waals surface area contributed by atoms with Crippen molar-refractivity contribution in [2.75, 3.05) is 7.11 Å². The number of hydrogen-bond acceptors (Lipinski definition) is 4. The van der Waals surface area contributed by atoms with Crippen LogP contribution >= 0.6 is 11.3 Å². The first-order chi connectivity index (χ1) is 6.42. The Hall–Kier alpha value is -0.450. The van der Waals surface area contributed by atoms with Gasteiger partial charge in [0, 0.05) is 24.4 Å². The van der Waals surface area contributed by atoms with E-state index in [4.69, 9.17) is 10.5 Å². The zero-order valence-electron chi connectivity index (χ0n) is 9.20. The number of nitrogens with two attached hydrogens (primary N) is 1. The molecule has 0 saturated carbocycles. The highest BCUT2D eigenvalue weighted by Gasteiger charge is 2.15. The molecule has 0 aliphatic carbocycles. The largest absolute Gasteiger partial charge is 0.375 e.